The first-order chi connectivity index (χ1) is 9.24. The van der Waals surface area contributed by atoms with Crippen LogP contribution in [-0.2, 0) is 16.0 Å². The van der Waals surface area contributed by atoms with Crippen molar-refractivity contribution in [3.63, 3.8) is 0 Å². The second-order valence-electron chi connectivity index (χ2n) is 5.11. The van der Waals surface area contributed by atoms with Gasteiger partial charge >= 0.3 is 0 Å². The number of ether oxygens (including phenoxy) is 2. The van der Waals surface area contributed by atoms with Gasteiger partial charge in [0.2, 0.25) is 0 Å². The third-order valence-corrected chi connectivity index (χ3v) is 3.80. The Hall–Kier alpha value is -0.910. The monoisotopic (exact) mass is 267 g/mol. The van der Waals surface area contributed by atoms with E-state index in [-0.39, 0.29) is 0 Å². The maximum absolute atomic E-state index is 5.42. The third kappa shape index (κ3) is 3.55. The van der Waals surface area contributed by atoms with E-state index in [2.05, 4.69) is 23.8 Å². The summed E-state index contributed by atoms with van der Waals surface area (Å²) in [6.07, 6.45) is 2.14. The Kier molecular flexibility index (Phi) is 5.36. The van der Waals surface area contributed by atoms with Gasteiger partial charge in [0.05, 0.1) is 18.3 Å². The highest BCUT2D eigenvalue weighted by Crippen LogP contribution is 2.24. The summed E-state index contributed by atoms with van der Waals surface area (Å²) < 4.78 is 12.7. The topological polar surface area (TPSA) is 48.3 Å². The maximum atomic E-state index is 5.42. The minimum atomic E-state index is 0.500. The number of nitrogens with zero attached hydrogens (tertiary/aromatic N) is 2. The summed E-state index contributed by atoms with van der Waals surface area (Å²) in [6.45, 7) is 8.45. The van der Waals surface area contributed by atoms with Crippen molar-refractivity contribution < 1.29 is 9.47 Å². The van der Waals surface area contributed by atoms with Crippen molar-refractivity contribution in [3.05, 3.63) is 17.0 Å². The molecule has 108 valence electrons. The molecule has 0 unspecified atom stereocenters. The van der Waals surface area contributed by atoms with Crippen LogP contribution in [0.4, 0.5) is 0 Å². The molecule has 1 aliphatic rings. The van der Waals surface area contributed by atoms with Crippen LogP contribution in [0.15, 0.2) is 0 Å². The number of hydrogen-bond donors (Lipinski definition) is 1. The number of hydrogen-bond acceptors (Lipinski definition) is 4. The van der Waals surface area contributed by atoms with E-state index in [1.54, 1.807) is 7.11 Å². The molecule has 1 aliphatic heterocycles. The van der Waals surface area contributed by atoms with E-state index in [1.165, 1.54) is 11.3 Å². The van der Waals surface area contributed by atoms with Gasteiger partial charge in [0.15, 0.2) is 0 Å². The van der Waals surface area contributed by atoms with Crippen LogP contribution in [-0.4, -0.2) is 43.3 Å². The molecule has 1 aromatic rings. The summed E-state index contributed by atoms with van der Waals surface area (Å²) in [5, 5.41) is 8.12. The van der Waals surface area contributed by atoms with Crippen LogP contribution in [0.1, 0.15) is 35.8 Å². The van der Waals surface area contributed by atoms with Crippen molar-refractivity contribution in [2.45, 2.75) is 39.3 Å². The second kappa shape index (κ2) is 7.03. The van der Waals surface area contributed by atoms with Gasteiger partial charge in [0.1, 0.15) is 0 Å². The Morgan fingerprint density at radius 3 is 2.79 bits per heavy atom. The molecule has 0 bridgehead atoms. The lowest BCUT2D eigenvalue weighted by Gasteiger charge is -2.23. The van der Waals surface area contributed by atoms with Gasteiger partial charge in [0, 0.05) is 44.7 Å². The van der Waals surface area contributed by atoms with Gasteiger partial charge in [-0.25, -0.2) is 0 Å². The smallest absolute Gasteiger partial charge is 0.0641 e. The van der Waals surface area contributed by atoms with Gasteiger partial charge in [-0.05, 0) is 26.7 Å². The highest BCUT2D eigenvalue weighted by atomic mass is 16.5. The first-order valence-corrected chi connectivity index (χ1v) is 7.06. The molecule has 0 saturated carbocycles. The van der Waals surface area contributed by atoms with Crippen molar-refractivity contribution in [3.8, 4) is 0 Å². The van der Waals surface area contributed by atoms with Gasteiger partial charge in [-0.2, -0.15) is 5.10 Å². The van der Waals surface area contributed by atoms with Crippen molar-refractivity contribution in [2.24, 2.45) is 0 Å². The summed E-state index contributed by atoms with van der Waals surface area (Å²) >= 11 is 0. The van der Waals surface area contributed by atoms with Crippen molar-refractivity contribution in [2.75, 3.05) is 33.5 Å². The lowest BCUT2D eigenvalue weighted by atomic mass is 10.1. The minimum absolute atomic E-state index is 0.500. The first-order valence-electron chi connectivity index (χ1n) is 7.06. The number of methoxy groups -OCH3 is 1. The van der Waals surface area contributed by atoms with Crippen LogP contribution in [0.2, 0.25) is 0 Å². The van der Waals surface area contributed by atoms with Crippen molar-refractivity contribution in [1.29, 1.82) is 0 Å². The van der Waals surface area contributed by atoms with Crippen molar-refractivity contribution >= 4 is 0 Å². The Bertz CT molecular complexity index is 398. The first kappa shape index (κ1) is 14.5. The van der Waals surface area contributed by atoms with Gasteiger partial charge in [-0.3, -0.25) is 4.68 Å². The van der Waals surface area contributed by atoms with Crippen LogP contribution in [0, 0.1) is 13.8 Å². The molecule has 2 heterocycles. The normalized spacial score (nSPS) is 17.0. The largest absolute Gasteiger partial charge is 0.383 e. The molecule has 0 aromatic carbocycles. The van der Waals surface area contributed by atoms with Gasteiger partial charge in [0.25, 0.3) is 0 Å². The molecule has 0 spiro atoms. The molecular weight excluding hydrogens is 242 g/mol. The lowest BCUT2D eigenvalue weighted by Crippen LogP contribution is -2.22. The van der Waals surface area contributed by atoms with E-state index in [4.69, 9.17) is 14.6 Å². The van der Waals surface area contributed by atoms with Crippen LogP contribution in [0.3, 0.4) is 0 Å². The fraction of sp³-hybridized carbons (Fsp3) is 0.786. The molecule has 0 amide bonds. The van der Waals surface area contributed by atoms with E-state index in [9.17, 15) is 0 Å². The van der Waals surface area contributed by atoms with Crippen LogP contribution in [0.5, 0.6) is 0 Å². The fourth-order valence-corrected chi connectivity index (χ4v) is 2.63. The second-order valence-corrected chi connectivity index (χ2v) is 5.11. The van der Waals surface area contributed by atoms with E-state index >= 15 is 0 Å². The van der Waals surface area contributed by atoms with E-state index < -0.39 is 0 Å². The summed E-state index contributed by atoms with van der Waals surface area (Å²) in [4.78, 5) is 0. The Morgan fingerprint density at radius 1 is 1.37 bits per heavy atom. The highest BCUT2D eigenvalue weighted by Gasteiger charge is 2.20. The number of aryl methyl sites for hydroxylation is 1. The fourth-order valence-electron chi connectivity index (χ4n) is 2.63. The van der Waals surface area contributed by atoms with Crippen LogP contribution in [0.25, 0.3) is 0 Å². The molecule has 19 heavy (non-hydrogen) atoms. The number of aromatic nitrogens is 2. The molecule has 5 heteroatoms. The van der Waals surface area contributed by atoms with Crippen LogP contribution < -0.4 is 5.32 Å². The van der Waals surface area contributed by atoms with E-state index in [0.717, 1.165) is 51.4 Å². The average molecular weight is 267 g/mol. The third-order valence-electron chi connectivity index (χ3n) is 3.80. The predicted molar refractivity (Wildman–Crippen MR) is 74.4 cm³/mol. The molecule has 1 saturated heterocycles. The minimum Gasteiger partial charge on any atom is -0.383 e. The maximum Gasteiger partial charge on any atom is 0.0641 e. The molecule has 1 aromatic heterocycles. The molecular formula is C14H25N3O2. The highest BCUT2D eigenvalue weighted by molar-refractivity contribution is 5.24. The molecule has 0 radical (unpaired) electrons. The number of nitrogens with one attached hydrogen (secondary N) is 1. The SMILES string of the molecule is COCCNCc1c(C)nn(C2CCOCC2)c1C. The zero-order chi connectivity index (χ0) is 13.7. The summed E-state index contributed by atoms with van der Waals surface area (Å²) in [5.41, 5.74) is 3.74. The summed E-state index contributed by atoms with van der Waals surface area (Å²) in [6, 6.07) is 0.500. The zero-order valence-corrected chi connectivity index (χ0v) is 12.2. The summed E-state index contributed by atoms with van der Waals surface area (Å²) in [5.74, 6) is 0. The van der Waals surface area contributed by atoms with Crippen molar-refractivity contribution in [1.82, 2.24) is 15.1 Å². The lowest BCUT2D eigenvalue weighted by molar-refractivity contribution is 0.0656. The van der Waals surface area contributed by atoms with Gasteiger partial charge < -0.3 is 14.8 Å². The molecule has 1 N–H and O–H groups in total. The molecule has 5 nitrogen and oxygen atoms in total. The standard InChI is InChI=1S/C14H25N3O2/c1-11-14(10-15-6-9-18-3)12(2)17(16-11)13-4-7-19-8-5-13/h13,15H,4-10H2,1-3H3. The van der Waals surface area contributed by atoms with E-state index in [0.29, 0.717) is 6.04 Å². The van der Waals surface area contributed by atoms with Crippen LogP contribution >= 0.6 is 0 Å². The Morgan fingerprint density at radius 2 is 2.11 bits per heavy atom. The predicted octanol–water partition coefficient (Wildman–Crippen LogP) is 1.59. The van der Waals surface area contributed by atoms with Gasteiger partial charge in [-0.15, -0.1) is 0 Å². The zero-order valence-electron chi connectivity index (χ0n) is 12.2. The molecule has 1 fully saturated rings. The Balaban J connectivity index is 2.01. The Labute approximate surface area is 115 Å². The molecule has 0 atom stereocenters. The quantitative estimate of drug-likeness (QED) is 0.795. The summed E-state index contributed by atoms with van der Waals surface area (Å²) in [7, 11) is 1.72. The van der Waals surface area contributed by atoms with E-state index in [1.807, 2.05) is 0 Å². The van der Waals surface area contributed by atoms with Gasteiger partial charge in [-0.1, -0.05) is 0 Å². The average Bonchev–Trinajstić information content (AvgIpc) is 2.72. The molecule has 0 aliphatic carbocycles. The molecule has 2 rings (SSSR count). The number of rotatable bonds is 6.